The summed E-state index contributed by atoms with van der Waals surface area (Å²) in [6.45, 7) is 4.32. The number of rotatable bonds is 5. The van der Waals surface area contributed by atoms with Crippen LogP contribution in [0.3, 0.4) is 0 Å². The van der Waals surface area contributed by atoms with E-state index in [9.17, 15) is 9.90 Å². The largest absolute Gasteiger partial charge is 0.392 e. The summed E-state index contributed by atoms with van der Waals surface area (Å²) in [6, 6.07) is 9.40. The van der Waals surface area contributed by atoms with Crippen LogP contribution < -0.4 is 5.32 Å². The molecule has 1 heterocycles. The molecular formula is C17H23N3O2. The van der Waals surface area contributed by atoms with Gasteiger partial charge < -0.3 is 15.3 Å². The number of aliphatic hydroxyl groups is 1. The number of carbonyl (C=O) groups excluding carboxylic acids is 1. The van der Waals surface area contributed by atoms with Gasteiger partial charge in [0.25, 0.3) is 0 Å². The Bertz CT molecular complexity index is 526. The summed E-state index contributed by atoms with van der Waals surface area (Å²) in [6.07, 6.45) is 1.89. The molecule has 1 fully saturated rings. The number of amides is 1. The minimum Gasteiger partial charge on any atom is -0.392 e. The van der Waals surface area contributed by atoms with Crippen LogP contribution in [0.25, 0.3) is 0 Å². The second-order valence-electron chi connectivity index (χ2n) is 5.98. The van der Waals surface area contributed by atoms with Crippen molar-refractivity contribution in [3.8, 4) is 6.07 Å². The Morgan fingerprint density at radius 3 is 2.59 bits per heavy atom. The topological polar surface area (TPSA) is 76.4 Å². The summed E-state index contributed by atoms with van der Waals surface area (Å²) in [4.78, 5) is 14.3. The van der Waals surface area contributed by atoms with Crippen molar-refractivity contribution >= 4 is 5.91 Å². The minimum absolute atomic E-state index is 0.0266. The fourth-order valence-electron chi connectivity index (χ4n) is 2.79. The number of piperidine rings is 1. The van der Waals surface area contributed by atoms with Crippen molar-refractivity contribution < 1.29 is 9.90 Å². The van der Waals surface area contributed by atoms with Gasteiger partial charge in [0.1, 0.15) is 0 Å². The zero-order valence-corrected chi connectivity index (χ0v) is 13.0. The number of aliphatic hydroxyl groups excluding tert-OH is 1. The summed E-state index contributed by atoms with van der Waals surface area (Å²) in [5.41, 5.74) is 1.53. The van der Waals surface area contributed by atoms with E-state index >= 15 is 0 Å². The highest BCUT2D eigenvalue weighted by Crippen LogP contribution is 2.11. The van der Waals surface area contributed by atoms with Crippen molar-refractivity contribution in [1.29, 1.82) is 5.26 Å². The van der Waals surface area contributed by atoms with Crippen molar-refractivity contribution in [3.63, 3.8) is 0 Å². The van der Waals surface area contributed by atoms with Gasteiger partial charge in [0, 0.05) is 25.7 Å². The molecule has 0 aromatic heterocycles. The van der Waals surface area contributed by atoms with Crippen molar-refractivity contribution in [3.05, 3.63) is 35.4 Å². The van der Waals surface area contributed by atoms with Crippen LogP contribution in [-0.2, 0) is 11.2 Å². The number of hydrogen-bond acceptors (Lipinski definition) is 4. The lowest BCUT2D eigenvalue weighted by Crippen LogP contribution is -2.46. The lowest BCUT2D eigenvalue weighted by molar-refractivity contribution is -0.121. The molecule has 22 heavy (non-hydrogen) atoms. The van der Waals surface area contributed by atoms with Crippen LogP contribution in [0.1, 0.15) is 30.9 Å². The van der Waals surface area contributed by atoms with Crippen LogP contribution in [0.2, 0.25) is 0 Å². The van der Waals surface area contributed by atoms with E-state index in [4.69, 9.17) is 5.26 Å². The van der Waals surface area contributed by atoms with Crippen LogP contribution in [0.5, 0.6) is 0 Å². The number of hydrogen-bond donors (Lipinski definition) is 2. The molecule has 0 aliphatic carbocycles. The van der Waals surface area contributed by atoms with Crippen molar-refractivity contribution in [2.45, 2.75) is 38.3 Å². The number of nitriles is 1. The molecule has 1 aromatic carbocycles. The van der Waals surface area contributed by atoms with Crippen molar-refractivity contribution in [2.75, 3.05) is 19.6 Å². The van der Waals surface area contributed by atoms with Crippen LogP contribution in [0, 0.1) is 11.3 Å². The zero-order chi connectivity index (χ0) is 15.9. The second kappa shape index (κ2) is 7.92. The van der Waals surface area contributed by atoms with Gasteiger partial charge in [-0.05, 0) is 37.5 Å². The summed E-state index contributed by atoms with van der Waals surface area (Å²) in [5, 5.41) is 21.2. The number of benzene rings is 1. The molecule has 1 unspecified atom stereocenters. The van der Waals surface area contributed by atoms with E-state index in [2.05, 4.69) is 16.3 Å². The fourth-order valence-corrected chi connectivity index (χ4v) is 2.79. The van der Waals surface area contributed by atoms with Crippen LogP contribution >= 0.6 is 0 Å². The van der Waals surface area contributed by atoms with E-state index in [1.165, 1.54) is 0 Å². The summed E-state index contributed by atoms with van der Waals surface area (Å²) >= 11 is 0. The Labute approximate surface area is 131 Å². The van der Waals surface area contributed by atoms with E-state index in [0.717, 1.165) is 31.5 Å². The third kappa shape index (κ3) is 5.14. The first-order chi connectivity index (χ1) is 10.6. The zero-order valence-electron chi connectivity index (χ0n) is 13.0. The predicted octanol–water partition coefficient (Wildman–Crippen LogP) is 1.06. The lowest BCUT2D eigenvalue weighted by atomic mass is 10.0. The monoisotopic (exact) mass is 301 g/mol. The van der Waals surface area contributed by atoms with Crippen LogP contribution in [0.4, 0.5) is 0 Å². The first kappa shape index (κ1) is 16.5. The maximum absolute atomic E-state index is 12.1. The van der Waals surface area contributed by atoms with Crippen molar-refractivity contribution in [1.82, 2.24) is 10.2 Å². The molecule has 1 saturated heterocycles. The number of β-amino-alcohol motifs (C(OH)–C–C–N with tert-alkyl or cyclic N) is 1. The highest BCUT2D eigenvalue weighted by molar-refractivity contribution is 5.78. The first-order valence-electron chi connectivity index (χ1n) is 7.75. The highest BCUT2D eigenvalue weighted by atomic mass is 16.3. The maximum atomic E-state index is 12.1. The predicted molar refractivity (Wildman–Crippen MR) is 84.1 cm³/mol. The van der Waals surface area contributed by atoms with Gasteiger partial charge in [0.2, 0.25) is 5.91 Å². The Morgan fingerprint density at radius 1 is 1.41 bits per heavy atom. The van der Waals surface area contributed by atoms with Gasteiger partial charge in [-0.3, -0.25) is 4.79 Å². The van der Waals surface area contributed by atoms with Gasteiger partial charge in [-0.2, -0.15) is 5.26 Å². The van der Waals surface area contributed by atoms with E-state index in [0.29, 0.717) is 18.5 Å². The molecule has 5 nitrogen and oxygen atoms in total. The number of likely N-dealkylation sites (tertiary alicyclic amines) is 1. The number of nitrogens with zero attached hydrogens (tertiary/aromatic N) is 2. The minimum atomic E-state index is -0.303. The molecule has 2 N–H and O–H groups in total. The molecule has 1 aromatic rings. The third-order valence-corrected chi connectivity index (χ3v) is 3.92. The van der Waals surface area contributed by atoms with E-state index < -0.39 is 0 Å². The molecule has 0 spiro atoms. The molecule has 0 saturated carbocycles. The summed E-state index contributed by atoms with van der Waals surface area (Å²) < 4.78 is 0. The quantitative estimate of drug-likeness (QED) is 0.853. The third-order valence-electron chi connectivity index (χ3n) is 3.92. The van der Waals surface area contributed by atoms with Gasteiger partial charge in [0.15, 0.2) is 0 Å². The van der Waals surface area contributed by atoms with E-state index in [1.54, 1.807) is 19.1 Å². The molecule has 5 heteroatoms. The van der Waals surface area contributed by atoms with Gasteiger partial charge in [-0.25, -0.2) is 0 Å². The van der Waals surface area contributed by atoms with Crippen LogP contribution in [-0.4, -0.2) is 47.7 Å². The molecular weight excluding hydrogens is 278 g/mol. The summed E-state index contributed by atoms with van der Waals surface area (Å²) in [7, 11) is 0. The molecule has 1 aliphatic rings. The van der Waals surface area contributed by atoms with Gasteiger partial charge in [0.05, 0.1) is 24.2 Å². The van der Waals surface area contributed by atoms with Crippen molar-refractivity contribution in [2.24, 2.45) is 0 Å². The van der Waals surface area contributed by atoms with Gasteiger partial charge >= 0.3 is 0 Å². The maximum Gasteiger partial charge on any atom is 0.224 e. The Balaban J connectivity index is 1.75. The lowest BCUT2D eigenvalue weighted by Gasteiger charge is -2.33. The highest BCUT2D eigenvalue weighted by Gasteiger charge is 2.21. The molecule has 1 aliphatic heterocycles. The van der Waals surface area contributed by atoms with E-state index in [-0.39, 0.29) is 18.1 Å². The molecule has 2 rings (SSSR count). The first-order valence-corrected chi connectivity index (χ1v) is 7.75. The standard InChI is InChI=1S/C17H23N3O2/c1-13(21)12-20-8-6-16(7-9-20)19-17(22)10-14-2-4-15(11-18)5-3-14/h2-5,13,16,21H,6-10,12H2,1H3,(H,19,22). The Kier molecular flexibility index (Phi) is 5.93. The molecule has 0 radical (unpaired) electrons. The summed E-state index contributed by atoms with van der Waals surface area (Å²) in [5.74, 6) is 0.0266. The Hall–Kier alpha value is -1.90. The molecule has 0 bridgehead atoms. The molecule has 1 atom stereocenters. The average molecular weight is 301 g/mol. The van der Waals surface area contributed by atoms with Gasteiger partial charge in [-0.1, -0.05) is 12.1 Å². The fraction of sp³-hybridized carbons (Fsp3) is 0.529. The van der Waals surface area contributed by atoms with Crippen LogP contribution in [0.15, 0.2) is 24.3 Å². The Morgan fingerprint density at radius 2 is 2.05 bits per heavy atom. The number of carbonyl (C=O) groups is 1. The van der Waals surface area contributed by atoms with Gasteiger partial charge in [-0.15, -0.1) is 0 Å². The normalized spacial score (nSPS) is 17.7. The molecule has 118 valence electrons. The SMILES string of the molecule is CC(O)CN1CCC(NC(=O)Cc2ccc(C#N)cc2)CC1. The smallest absolute Gasteiger partial charge is 0.224 e. The average Bonchev–Trinajstić information content (AvgIpc) is 2.49. The second-order valence-corrected chi connectivity index (χ2v) is 5.98. The molecule has 1 amide bonds. The van der Waals surface area contributed by atoms with E-state index in [1.807, 2.05) is 12.1 Å². The number of nitrogens with one attached hydrogen (secondary N) is 1.